The lowest BCUT2D eigenvalue weighted by Gasteiger charge is -2.38. The van der Waals surface area contributed by atoms with Crippen LogP contribution in [0.5, 0.6) is 0 Å². The summed E-state index contributed by atoms with van der Waals surface area (Å²) in [7, 11) is 0. The smallest absolute Gasteiger partial charge is 0.329 e. The molecule has 0 radical (unpaired) electrons. The predicted molar refractivity (Wildman–Crippen MR) is 62.8 cm³/mol. The van der Waals surface area contributed by atoms with Gasteiger partial charge in [-0.05, 0) is 43.9 Å². The van der Waals surface area contributed by atoms with E-state index >= 15 is 0 Å². The molecule has 0 bridgehead atoms. The first-order valence-electron chi connectivity index (χ1n) is 5.77. The van der Waals surface area contributed by atoms with Crippen molar-refractivity contribution >= 4 is 11.9 Å². The molecule has 0 aromatic heterocycles. The molecule has 1 aromatic rings. The Morgan fingerprint density at radius 3 is 2.56 bits per heavy atom. The van der Waals surface area contributed by atoms with Gasteiger partial charge in [-0.15, -0.1) is 0 Å². The van der Waals surface area contributed by atoms with E-state index in [4.69, 9.17) is 5.11 Å². The number of rotatable bonds is 3. The Morgan fingerprint density at radius 1 is 1.39 bits per heavy atom. The summed E-state index contributed by atoms with van der Waals surface area (Å²) in [4.78, 5) is 23.1. The van der Waals surface area contributed by atoms with Gasteiger partial charge in [-0.2, -0.15) is 0 Å². The SMILES string of the molecule is Cc1c(F)cccc1C(=O)NC1(C(=O)O)CCC1. The molecule has 0 unspecified atom stereocenters. The minimum absolute atomic E-state index is 0.183. The Labute approximate surface area is 104 Å². The number of halogens is 1. The maximum atomic E-state index is 13.3. The van der Waals surface area contributed by atoms with Crippen molar-refractivity contribution in [1.29, 1.82) is 0 Å². The summed E-state index contributed by atoms with van der Waals surface area (Å²) in [6, 6.07) is 4.19. The Morgan fingerprint density at radius 2 is 2.06 bits per heavy atom. The van der Waals surface area contributed by atoms with E-state index in [-0.39, 0.29) is 11.1 Å². The average Bonchev–Trinajstić information content (AvgIpc) is 2.26. The number of hydrogen-bond donors (Lipinski definition) is 2. The number of amides is 1. The summed E-state index contributed by atoms with van der Waals surface area (Å²) in [5.41, 5.74) is -0.757. The van der Waals surface area contributed by atoms with Gasteiger partial charge in [0.1, 0.15) is 11.4 Å². The topological polar surface area (TPSA) is 66.4 Å². The number of carboxylic acids is 1. The molecule has 1 aliphatic carbocycles. The van der Waals surface area contributed by atoms with Crippen molar-refractivity contribution in [2.45, 2.75) is 31.7 Å². The number of hydrogen-bond acceptors (Lipinski definition) is 2. The second kappa shape index (κ2) is 4.40. The van der Waals surface area contributed by atoms with Crippen LogP contribution in [0.4, 0.5) is 4.39 Å². The second-order valence-electron chi connectivity index (χ2n) is 4.61. The van der Waals surface area contributed by atoms with E-state index in [1.807, 2.05) is 0 Å². The molecule has 5 heteroatoms. The highest BCUT2D eigenvalue weighted by atomic mass is 19.1. The molecule has 1 saturated carbocycles. The molecule has 4 nitrogen and oxygen atoms in total. The molecule has 1 fully saturated rings. The molecule has 2 N–H and O–H groups in total. The van der Waals surface area contributed by atoms with Gasteiger partial charge in [0.2, 0.25) is 0 Å². The van der Waals surface area contributed by atoms with Crippen LogP contribution >= 0.6 is 0 Å². The summed E-state index contributed by atoms with van der Waals surface area (Å²) >= 11 is 0. The first-order chi connectivity index (χ1) is 8.46. The minimum atomic E-state index is -1.17. The van der Waals surface area contributed by atoms with Crippen LogP contribution in [0.15, 0.2) is 18.2 Å². The van der Waals surface area contributed by atoms with Crippen LogP contribution < -0.4 is 5.32 Å². The van der Waals surface area contributed by atoms with Gasteiger partial charge in [-0.3, -0.25) is 4.79 Å². The van der Waals surface area contributed by atoms with Crippen molar-refractivity contribution in [3.63, 3.8) is 0 Å². The maximum Gasteiger partial charge on any atom is 0.329 e. The fourth-order valence-corrected chi connectivity index (χ4v) is 2.06. The Bertz CT molecular complexity index is 509. The Hall–Kier alpha value is -1.91. The van der Waals surface area contributed by atoms with Gasteiger partial charge in [-0.1, -0.05) is 6.07 Å². The predicted octanol–water partition coefficient (Wildman–Crippen LogP) is 1.87. The lowest BCUT2D eigenvalue weighted by Crippen LogP contribution is -2.59. The average molecular weight is 251 g/mol. The van der Waals surface area contributed by atoms with Crippen LogP contribution in [0, 0.1) is 12.7 Å². The Balaban J connectivity index is 2.22. The largest absolute Gasteiger partial charge is 0.480 e. The van der Waals surface area contributed by atoms with Gasteiger partial charge in [0.05, 0.1) is 0 Å². The van der Waals surface area contributed by atoms with Gasteiger partial charge in [0.15, 0.2) is 0 Å². The molecule has 18 heavy (non-hydrogen) atoms. The summed E-state index contributed by atoms with van der Waals surface area (Å²) in [6.07, 6.45) is 1.61. The van der Waals surface area contributed by atoms with E-state index in [2.05, 4.69) is 5.32 Å². The van der Waals surface area contributed by atoms with Gasteiger partial charge in [0.25, 0.3) is 5.91 Å². The molecule has 0 spiro atoms. The molecule has 1 aromatic carbocycles. The molecule has 96 valence electrons. The molecular weight excluding hydrogens is 237 g/mol. The van der Waals surface area contributed by atoms with Crippen molar-refractivity contribution in [1.82, 2.24) is 5.32 Å². The van der Waals surface area contributed by atoms with Crippen molar-refractivity contribution < 1.29 is 19.1 Å². The number of aliphatic carboxylic acids is 1. The zero-order chi connectivity index (χ0) is 13.3. The Kier molecular flexibility index (Phi) is 3.07. The lowest BCUT2D eigenvalue weighted by molar-refractivity contribution is -0.148. The monoisotopic (exact) mass is 251 g/mol. The molecule has 0 saturated heterocycles. The van der Waals surface area contributed by atoms with E-state index in [0.29, 0.717) is 12.8 Å². The fourth-order valence-electron chi connectivity index (χ4n) is 2.06. The summed E-state index contributed by atoms with van der Waals surface area (Å²) in [5, 5.41) is 11.6. The third-order valence-electron chi connectivity index (χ3n) is 3.48. The third-order valence-corrected chi connectivity index (χ3v) is 3.48. The van der Waals surface area contributed by atoms with Crippen LogP contribution in [0.3, 0.4) is 0 Å². The highest BCUT2D eigenvalue weighted by Crippen LogP contribution is 2.32. The molecule has 2 rings (SSSR count). The number of nitrogens with one attached hydrogen (secondary N) is 1. The van der Waals surface area contributed by atoms with Crippen molar-refractivity contribution in [3.05, 3.63) is 35.1 Å². The zero-order valence-electron chi connectivity index (χ0n) is 10.00. The van der Waals surface area contributed by atoms with Gasteiger partial charge in [0, 0.05) is 5.56 Å². The van der Waals surface area contributed by atoms with Crippen LogP contribution in [-0.2, 0) is 4.79 Å². The van der Waals surface area contributed by atoms with Crippen molar-refractivity contribution in [3.8, 4) is 0 Å². The first kappa shape index (κ1) is 12.5. The highest BCUT2D eigenvalue weighted by molar-refractivity contribution is 5.99. The van der Waals surface area contributed by atoms with Crippen LogP contribution in [0.25, 0.3) is 0 Å². The highest BCUT2D eigenvalue weighted by Gasteiger charge is 2.45. The standard InChI is InChI=1S/C13H14FNO3/c1-8-9(4-2-5-10(8)14)11(16)15-13(12(17)18)6-3-7-13/h2,4-5H,3,6-7H2,1H3,(H,15,16)(H,17,18). The summed E-state index contributed by atoms with van der Waals surface area (Å²) in [6.45, 7) is 1.50. The van der Waals surface area contributed by atoms with Crippen LogP contribution in [0.2, 0.25) is 0 Å². The van der Waals surface area contributed by atoms with Gasteiger partial charge in [-0.25, -0.2) is 9.18 Å². The molecule has 1 amide bonds. The number of benzene rings is 1. The van der Waals surface area contributed by atoms with E-state index in [1.54, 1.807) is 0 Å². The van der Waals surface area contributed by atoms with E-state index in [9.17, 15) is 14.0 Å². The van der Waals surface area contributed by atoms with Gasteiger partial charge < -0.3 is 10.4 Å². The number of carbonyl (C=O) groups is 2. The fraction of sp³-hybridized carbons (Fsp3) is 0.385. The molecular formula is C13H14FNO3. The van der Waals surface area contributed by atoms with Crippen LogP contribution in [0.1, 0.15) is 35.2 Å². The quantitative estimate of drug-likeness (QED) is 0.861. The summed E-state index contributed by atoms with van der Waals surface area (Å²) in [5.74, 6) is -2.04. The van der Waals surface area contributed by atoms with Crippen molar-refractivity contribution in [2.75, 3.05) is 0 Å². The van der Waals surface area contributed by atoms with Gasteiger partial charge >= 0.3 is 5.97 Å². The zero-order valence-corrected chi connectivity index (χ0v) is 10.00. The molecule has 0 heterocycles. The maximum absolute atomic E-state index is 13.3. The molecule has 0 atom stereocenters. The van der Waals surface area contributed by atoms with E-state index in [0.717, 1.165) is 6.42 Å². The normalized spacial score (nSPS) is 16.8. The lowest BCUT2D eigenvalue weighted by atomic mass is 9.76. The molecule has 0 aliphatic heterocycles. The first-order valence-corrected chi connectivity index (χ1v) is 5.77. The van der Waals surface area contributed by atoms with E-state index in [1.165, 1.54) is 25.1 Å². The van der Waals surface area contributed by atoms with Crippen molar-refractivity contribution in [2.24, 2.45) is 0 Å². The third kappa shape index (κ3) is 1.96. The number of carbonyl (C=O) groups excluding carboxylic acids is 1. The summed E-state index contributed by atoms with van der Waals surface area (Å²) < 4.78 is 13.3. The minimum Gasteiger partial charge on any atom is -0.480 e. The number of carboxylic acid groups (broad SMARTS) is 1. The second-order valence-corrected chi connectivity index (χ2v) is 4.61. The van der Waals surface area contributed by atoms with E-state index < -0.39 is 23.2 Å². The van der Waals surface area contributed by atoms with Crippen LogP contribution in [-0.4, -0.2) is 22.5 Å². The molecule has 1 aliphatic rings.